The summed E-state index contributed by atoms with van der Waals surface area (Å²) in [5, 5.41) is 3.60. The third-order valence-electron chi connectivity index (χ3n) is 3.16. The van der Waals surface area contributed by atoms with Gasteiger partial charge in [-0.1, -0.05) is 13.3 Å². The average Bonchev–Trinajstić information content (AvgIpc) is 2.50. The molecule has 0 bridgehead atoms. The van der Waals surface area contributed by atoms with E-state index in [1.54, 1.807) is 0 Å². The van der Waals surface area contributed by atoms with Crippen molar-refractivity contribution in [3.05, 3.63) is 0 Å². The molecule has 1 aliphatic carbocycles. The molecule has 2 nitrogen and oxygen atoms in total. The highest BCUT2D eigenvalue weighted by molar-refractivity contribution is 4.93. The first-order valence-electron chi connectivity index (χ1n) is 4.89. The molecule has 0 aromatic carbocycles. The van der Waals surface area contributed by atoms with Crippen molar-refractivity contribution in [1.29, 1.82) is 0 Å². The number of hydrogen-bond donors (Lipinski definition) is 1. The summed E-state index contributed by atoms with van der Waals surface area (Å²) in [5.74, 6) is 0. The van der Waals surface area contributed by atoms with E-state index < -0.39 is 0 Å². The zero-order valence-electron chi connectivity index (χ0n) is 7.34. The van der Waals surface area contributed by atoms with Gasteiger partial charge in [-0.25, -0.2) is 0 Å². The van der Waals surface area contributed by atoms with E-state index in [0.29, 0.717) is 0 Å². The molecular weight excluding hydrogens is 136 g/mol. The summed E-state index contributed by atoms with van der Waals surface area (Å²) < 4.78 is 0. The Balaban J connectivity index is 0.000000720. The van der Waals surface area contributed by atoms with Gasteiger partial charge in [0.15, 0.2) is 0 Å². The molecule has 0 radical (unpaired) electrons. The molecule has 2 heteroatoms. The van der Waals surface area contributed by atoms with E-state index >= 15 is 0 Å². The highest BCUT2D eigenvalue weighted by atomic mass is 15.2. The van der Waals surface area contributed by atoms with Gasteiger partial charge in [0.2, 0.25) is 0 Å². The van der Waals surface area contributed by atoms with Crippen molar-refractivity contribution >= 4 is 0 Å². The molecule has 2 rings (SSSR count). The lowest BCUT2D eigenvalue weighted by molar-refractivity contribution is 0.144. The van der Waals surface area contributed by atoms with Crippen molar-refractivity contribution < 1.29 is 2.85 Å². The number of nitrogens with zero attached hydrogens (tertiary/aromatic N) is 1. The van der Waals surface area contributed by atoms with Crippen LogP contribution < -0.4 is 5.32 Å². The number of nitrogens with one attached hydrogen (secondary N) is 1. The zero-order valence-corrected chi connectivity index (χ0v) is 7.34. The molecule has 1 N–H and O–H groups in total. The third kappa shape index (κ3) is 1.30. The van der Waals surface area contributed by atoms with E-state index in [1.807, 2.05) is 0 Å². The fraction of sp³-hybridized carbons (Fsp3) is 1.00. The normalized spacial score (nSPS) is 39.0. The highest BCUT2D eigenvalue weighted by Crippen LogP contribution is 2.25. The van der Waals surface area contributed by atoms with Gasteiger partial charge in [-0.15, -0.1) is 0 Å². The molecule has 1 saturated carbocycles. The minimum absolute atomic E-state index is 0. The number of likely N-dealkylation sites (N-methyl/N-ethyl adjacent to an activating group) is 1. The van der Waals surface area contributed by atoms with Crippen LogP contribution in [0.4, 0.5) is 0 Å². The van der Waals surface area contributed by atoms with Crippen molar-refractivity contribution in [3.63, 3.8) is 0 Å². The lowest BCUT2D eigenvalue weighted by Crippen LogP contribution is -2.55. The van der Waals surface area contributed by atoms with Crippen LogP contribution in [0, 0.1) is 0 Å². The summed E-state index contributed by atoms with van der Waals surface area (Å²) in [5.41, 5.74) is 0. The summed E-state index contributed by atoms with van der Waals surface area (Å²) in [6.45, 7) is 5.98. The molecule has 2 fully saturated rings. The number of hydrogen-bond acceptors (Lipinski definition) is 2. The van der Waals surface area contributed by atoms with Crippen LogP contribution in [0.1, 0.15) is 29.0 Å². The fourth-order valence-corrected chi connectivity index (χ4v) is 2.57. The first kappa shape index (κ1) is 7.56. The van der Waals surface area contributed by atoms with Crippen molar-refractivity contribution in [2.24, 2.45) is 0 Å². The average molecular weight is 158 g/mol. The van der Waals surface area contributed by atoms with Crippen LogP contribution in [0.15, 0.2) is 0 Å². The molecule has 1 aliphatic heterocycles. The SMILES string of the molecule is CCN1CCN[C@H]2CCCC21.[HH].[HH]. The Hall–Kier alpha value is -0.0800. The molecule has 2 aliphatic rings. The lowest BCUT2D eigenvalue weighted by Gasteiger charge is -2.37. The monoisotopic (exact) mass is 158 g/mol. The molecule has 1 heterocycles. The maximum Gasteiger partial charge on any atom is 0.0249 e. The Kier molecular flexibility index (Phi) is 2.14. The molecule has 11 heavy (non-hydrogen) atoms. The predicted molar refractivity (Wildman–Crippen MR) is 50.9 cm³/mol. The van der Waals surface area contributed by atoms with Crippen molar-refractivity contribution in [2.75, 3.05) is 19.6 Å². The van der Waals surface area contributed by atoms with E-state index in [2.05, 4.69) is 17.1 Å². The maximum absolute atomic E-state index is 3.60. The summed E-state index contributed by atoms with van der Waals surface area (Å²) in [7, 11) is 0. The molecule has 68 valence electrons. The van der Waals surface area contributed by atoms with Gasteiger partial charge in [0.25, 0.3) is 0 Å². The molecule has 0 aromatic heterocycles. The standard InChI is InChI=1S/C9H18N2.2H2/c1-2-11-7-6-10-8-4-3-5-9(8)11;;/h8-10H,2-7H2,1H3;2*1H/t8-,9?;;/m0../s1. The van der Waals surface area contributed by atoms with Gasteiger partial charge < -0.3 is 5.32 Å². The van der Waals surface area contributed by atoms with Gasteiger partial charge in [-0.05, 0) is 19.4 Å². The minimum atomic E-state index is 0. The topological polar surface area (TPSA) is 15.3 Å². The lowest BCUT2D eigenvalue weighted by atomic mass is 10.1. The van der Waals surface area contributed by atoms with E-state index in [0.717, 1.165) is 12.1 Å². The number of fused-ring (bicyclic) bond motifs is 1. The highest BCUT2D eigenvalue weighted by Gasteiger charge is 2.33. The second kappa shape index (κ2) is 3.11. The number of piperazine rings is 1. The van der Waals surface area contributed by atoms with E-state index in [9.17, 15) is 0 Å². The molecule has 0 aromatic rings. The Morgan fingerprint density at radius 3 is 3.27 bits per heavy atom. The largest absolute Gasteiger partial charge is 0.311 e. The molecule has 0 spiro atoms. The number of rotatable bonds is 1. The van der Waals surface area contributed by atoms with Crippen molar-refractivity contribution in [1.82, 2.24) is 10.2 Å². The third-order valence-corrected chi connectivity index (χ3v) is 3.16. The van der Waals surface area contributed by atoms with Gasteiger partial charge >= 0.3 is 0 Å². The summed E-state index contributed by atoms with van der Waals surface area (Å²) >= 11 is 0. The van der Waals surface area contributed by atoms with Crippen LogP contribution in [-0.2, 0) is 0 Å². The zero-order chi connectivity index (χ0) is 7.68. The molecular formula is C9H22N2. The quantitative estimate of drug-likeness (QED) is 0.619. The molecule has 2 atom stereocenters. The van der Waals surface area contributed by atoms with Gasteiger partial charge in [-0.3, -0.25) is 4.90 Å². The van der Waals surface area contributed by atoms with Crippen LogP contribution in [0.3, 0.4) is 0 Å². The Bertz CT molecular complexity index is 144. The molecule has 1 unspecified atom stereocenters. The minimum Gasteiger partial charge on any atom is -0.311 e. The van der Waals surface area contributed by atoms with Gasteiger partial charge in [0, 0.05) is 28.0 Å². The summed E-state index contributed by atoms with van der Waals surface area (Å²) in [6, 6.07) is 1.69. The Labute approximate surface area is 71.9 Å². The van der Waals surface area contributed by atoms with E-state index in [4.69, 9.17) is 0 Å². The van der Waals surface area contributed by atoms with Gasteiger partial charge in [-0.2, -0.15) is 0 Å². The van der Waals surface area contributed by atoms with Crippen LogP contribution in [0.5, 0.6) is 0 Å². The summed E-state index contributed by atoms with van der Waals surface area (Å²) in [4.78, 5) is 2.63. The van der Waals surface area contributed by atoms with E-state index in [1.165, 1.54) is 38.9 Å². The second-order valence-electron chi connectivity index (χ2n) is 3.69. The van der Waals surface area contributed by atoms with Crippen LogP contribution in [0.2, 0.25) is 0 Å². The Morgan fingerprint density at radius 2 is 2.45 bits per heavy atom. The Morgan fingerprint density at radius 1 is 1.55 bits per heavy atom. The second-order valence-corrected chi connectivity index (χ2v) is 3.69. The van der Waals surface area contributed by atoms with Gasteiger partial charge in [0.1, 0.15) is 0 Å². The smallest absolute Gasteiger partial charge is 0.0249 e. The first-order chi connectivity index (χ1) is 5.42. The van der Waals surface area contributed by atoms with Crippen molar-refractivity contribution in [3.8, 4) is 0 Å². The summed E-state index contributed by atoms with van der Waals surface area (Å²) in [6.07, 6.45) is 4.26. The first-order valence-corrected chi connectivity index (χ1v) is 4.89. The molecule has 1 saturated heterocycles. The van der Waals surface area contributed by atoms with Crippen molar-refractivity contribution in [2.45, 2.75) is 38.3 Å². The predicted octanol–water partition coefficient (Wildman–Crippen LogP) is 1.32. The van der Waals surface area contributed by atoms with Crippen LogP contribution >= 0.6 is 0 Å². The maximum atomic E-state index is 3.60. The van der Waals surface area contributed by atoms with E-state index in [-0.39, 0.29) is 2.85 Å². The molecule has 0 amide bonds. The van der Waals surface area contributed by atoms with Gasteiger partial charge in [0.05, 0.1) is 0 Å². The van der Waals surface area contributed by atoms with Crippen LogP contribution in [-0.4, -0.2) is 36.6 Å². The van der Waals surface area contributed by atoms with Crippen LogP contribution in [0.25, 0.3) is 0 Å². The fourth-order valence-electron chi connectivity index (χ4n) is 2.57.